The van der Waals surface area contributed by atoms with E-state index in [9.17, 15) is 5.11 Å². The van der Waals surface area contributed by atoms with Crippen molar-refractivity contribution in [1.82, 2.24) is 14.5 Å². The molecule has 1 aromatic rings. The van der Waals surface area contributed by atoms with Crippen molar-refractivity contribution in [3.8, 4) is 0 Å². The minimum atomic E-state index is 0.0285. The highest BCUT2D eigenvalue weighted by Gasteiger charge is 2.34. The lowest BCUT2D eigenvalue weighted by Gasteiger charge is -2.41. The van der Waals surface area contributed by atoms with Gasteiger partial charge in [-0.1, -0.05) is 11.6 Å². The topological polar surface area (TPSA) is 41.3 Å². The summed E-state index contributed by atoms with van der Waals surface area (Å²) in [7, 11) is 2.04. The van der Waals surface area contributed by atoms with Crippen molar-refractivity contribution in [3.63, 3.8) is 0 Å². The molecule has 0 bridgehead atoms. The van der Waals surface area contributed by atoms with Crippen LogP contribution in [0.5, 0.6) is 0 Å². The highest BCUT2D eigenvalue weighted by atomic mass is 16.3. The zero-order valence-corrected chi connectivity index (χ0v) is 13.0. The molecule has 2 rings (SSSR count). The average molecular weight is 277 g/mol. The molecule has 1 aromatic heterocycles. The maximum atomic E-state index is 9.88. The lowest BCUT2D eigenvalue weighted by atomic mass is 9.77. The van der Waals surface area contributed by atoms with Crippen LogP contribution < -0.4 is 0 Å². The summed E-state index contributed by atoms with van der Waals surface area (Å²) in [5, 5.41) is 9.88. The van der Waals surface area contributed by atoms with Crippen LogP contribution in [0.1, 0.15) is 38.9 Å². The molecule has 112 valence electrons. The van der Waals surface area contributed by atoms with Crippen LogP contribution in [-0.2, 0) is 13.6 Å². The number of allylic oxidation sites excluding steroid dienone is 2. The summed E-state index contributed by atoms with van der Waals surface area (Å²) in [5.41, 5.74) is 1.36. The second-order valence-electron chi connectivity index (χ2n) is 6.41. The first-order valence-corrected chi connectivity index (χ1v) is 7.47. The summed E-state index contributed by atoms with van der Waals surface area (Å²) in [6.45, 7) is 7.45. The van der Waals surface area contributed by atoms with Crippen LogP contribution in [0.25, 0.3) is 0 Å². The molecule has 1 aliphatic rings. The number of hydrogen-bond acceptors (Lipinski definition) is 3. The van der Waals surface area contributed by atoms with Gasteiger partial charge in [-0.3, -0.25) is 4.90 Å². The van der Waals surface area contributed by atoms with Gasteiger partial charge < -0.3 is 9.67 Å². The van der Waals surface area contributed by atoms with Gasteiger partial charge in [0.25, 0.3) is 0 Å². The van der Waals surface area contributed by atoms with Gasteiger partial charge in [0, 0.05) is 31.4 Å². The summed E-state index contributed by atoms with van der Waals surface area (Å²) in [5.74, 6) is 1.10. The summed E-state index contributed by atoms with van der Waals surface area (Å²) in [6.07, 6.45) is 9.35. The number of aliphatic hydroxyl groups excluding tert-OH is 1. The molecule has 2 heterocycles. The number of piperidine rings is 1. The van der Waals surface area contributed by atoms with E-state index in [1.807, 2.05) is 19.4 Å². The minimum Gasteiger partial charge on any atom is -0.396 e. The standard InChI is InChI=1S/C16H27N3O/c1-14(2)5-7-16(13-20)6-4-9-19(12-16)11-15-17-8-10-18(15)3/h5,8,10,20H,4,6-7,9,11-13H2,1-3H3. The van der Waals surface area contributed by atoms with Crippen molar-refractivity contribution in [2.75, 3.05) is 19.7 Å². The number of rotatable bonds is 5. The van der Waals surface area contributed by atoms with Crippen LogP contribution in [0.3, 0.4) is 0 Å². The van der Waals surface area contributed by atoms with Crippen LogP contribution in [0.15, 0.2) is 24.0 Å². The number of aliphatic hydroxyl groups is 1. The maximum Gasteiger partial charge on any atom is 0.122 e. The Labute approximate surface area is 122 Å². The molecule has 4 heteroatoms. The number of likely N-dealkylation sites (tertiary alicyclic amines) is 1. The number of hydrogen-bond donors (Lipinski definition) is 1. The first-order chi connectivity index (χ1) is 9.54. The van der Waals surface area contributed by atoms with Crippen LogP contribution in [0, 0.1) is 5.41 Å². The molecule has 0 spiro atoms. The molecule has 0 radical (unpaired) electrons. The largest absolute Gasteiger partial charge is 0.396 e. The molecule has 4 nitrogen and oxygen atoms in total. The van der Waals surface area contributed by atoms with E-state index in [0.717, 1.165) is 44.7 Å². The molecule has 1 saturated heterocycles. The number of aryl methyl sites for hydroxylation is 1. The number of imidazole rings is 1. The van der Waals surface area contributed by atoms with Gasteiger partial charge in [-0.2, -0.15) is 0 Å². The van der Waals surface area contributed by atoms with Crippen molar-refractivity contribution in [2.45, 2.75) is 39.7 Å². The molecular weight excluding hydrogens is 250 g/mol. The van der Waals surface area contributed by atoms with E-state index in [1.165, 1.54) is 5.57 Å². The van der Waals surface area contributed by atoms with Crippen LogP contribution >= 0.6 is 0 Å². The Morgan fingerprint density at radius 2 is 2.30 bits per heavy atom. The van der Waals surface area contributed by atoms with E-state index >= 15 is 0 Å². The molecule has 1 fully saturated rings. The smallest absolute Gasteiger partial charge is 0.122 e. The maximum absolute atomic E-state index is 9.88. The Morgan fingerprint density at radius 1 is 1.50 bits per heavy atom. The average Bonchev–Trinajstić information content (AvgIpc) is 2.82. The quantitative estimate of drug-likeness (QED) is 0.840. The lowest BCUT2D eigenvalue weighted by Crippen LogP contribution is -2.45. The van der Waals surface area contributed by atoms with E-state index in [1.54, 1.807) is 0 Å². The lowest BCUT2D eigenvalue weighted by molar-refractivity contribution is 0.0293. The molecule has 0 saturated carbocycles. The first kappa shape index (κ1) is 15.3. The van der Waals surface area contributed by atoms with Crippen molar-refractivity contribution < 1.29 is 5.11 Å². The van der Waals surface area contributed by atoms with E-state index in [2.05, 4.69) is 34.4 Å². The van der Waals surface area contributed by atoms with Crippen molar-refractivity contribution in [3.05, 3.63) is 29.9 Å². The Kier molecular flexibility index (Phi) is 5.00. The fourth-order valence-electron chi connectivity index (χ4n) is 2.97. The van der Waals surface area contributed by atoms with Crippen molar-refractivity contribution in [1.29, 1.82) is 0 Å². The van der Waals surface area contributed by atoms with Gasteiger partial charge >= 0.3 is 0 Å². The molecule has 20 heavy (non-hydrogen) atoms. The summed E-state index contributed by atoms with van der Waals surface area (Å²) < 4.78 is 2.07. The van der Waals surface area contributed by atoms with Gasteiger partial charge in [0.2, 0.25) is 0 Å². The molecule has 1 N–H and O–H groups in total. The van der Waals surface area contributed by atoms with E-state index in [4.69, 9.17) is 0 Å². The fraction of sp³-hybridized carbons (Fsp3) is 0.688. The predicted molar refractivity (Wildman–Crippen MR) is 81.3 cm³/mol. The summed E-state index contributed by atoms with van der Waals surface area (Å²) in [4.78, 5) is 6.84. The van der Waals surface area contributed by atoms with Gasteiger partial charge in [0.05, 0.1) is 13.2 Å². The number of nitrogens with zero attached hydrogens (tertiary/aromatic N) is 3. The van der Waals surface area contributed by atoms with Crippen LogP contribution in [0.2, 0.25) is 0 Å². The van der Waals surface area contributed by atoms with Crippen molar-refractivity contribution >= 4 is 0 Å². The Hall–Kier alpha value is -1.13. The molecule has 1 unspecified atom stereocenters. The molecule has 0 aliphatic carbocycles. The van der Waals surface area contributed by atoms with E-state index in [0.29, 0.717) is 0 Å². The van der Waals surface area contributed by atoms with E-state index < -0.39 is 0 Å². The normalized spacial score (nSPS) is 23.8. The summed E-state index contributed by atoms with van der Waals surface area (Å²) in [6, 6.07) is 0. The van der Waals surface area contributed by atoms with Gasteiger partial charge in [0.15, 0.2) is 0 Å². The summed E-state index contributed by atoms with van der Waals surface area (Å²) >= 11 is 0. The third-order valence-corrected chi connectivity index (χ3v) is 4.31. The minimum absolute atomic E-state index is 0.0285. The third-order valence-electron chi connectivity index (χ3n) is 4.31. The van der Waals surface area contributed by atoms with Gasteiger partial charge in [-0.05, 0) is 39.7 Å². The molecule has 0 amide bonds. The molecular formula is C16H27N3O. The molecule has 1 aliphatic heterocycles. The number of aromatic nitrogens is 2. The second-order valence-corrected chi connectivity index (χ2v) is 6.41. The third kappa shape index (κ3) is 3.70. The monoisotopic (exact) mass is 277 g/mol. The van der Waals surface area contributed by atoms with Crippen LogP contribution in [0.4, 0.5) is 0 Å². The first-order valence-electron chi connectivity index (χ1n) is 7.47. The highest BCUT2D eigenvalue weighted by molar-refractivity contribution is 5.01. The van der Waals surface area contributed by atoms with Crippen LogP contribution in [-0.4, -0.2) is 39.3 Å². The van der Waals surface area contributed by atoms with Crippen molar-refractivity contribution in [2.24, 2.45) is 12.5 Å². The zero-order valence-electron chi connectivity index (χ0n) is 13.0. The van der Waals surface area contributed by atoms with Gasteiger partial charge in [0.1, 0.15) is 5.82 Å². The fourth-order valence-corrected chi connectivity index (χ4v) is 2.97. The van der Waals surface area contributed by atoms with E-state index in [-0.39, 0.29) is 12.0 Å². The Morgan fingerprint density at radius 3 is 2.90 bits per heavy atom. The SMILES string of the molecule is CC(C)=CCC1(CO)CCCN(Cc2nccn2C)C1. The predicted octanol–water partition coefficient (Wildman–Crippen LogP) is 2.35. The Bertz CT molecular complexity index is 462. The molecule has 0 aromatic carbocycles. The second kappa shape index (κ2) is 6.55. The molecule has 1 atom stereocenters. The van der Waals surface area contributed by atoms with Gasteiger partial charge in [-0.25, -0.2) is 4.98 Å². The zero-order chi connectivity index (χ0) is 14.6. The highest BCUT2D eigenvalue weighted by Crippen LogP contribution is 2.34. The Balaban J connectivity index is 2.02. The van der Waals surface area contributed by atoms with Gasteiger partial charge in [-0.15, -0.1) is 0 Å².